The van der Waals surface area contributed by atoms with E-state index < -0.39 is 19.9 Å². The minimum absolute atomic E-state index is 0.0250. The number of aromatic nitrogens is 1. The van der Waals surface area contributed by atoms with Gasteiger partial charge in [-0.3, -0.25) is 0 Å². The van der Waals surface area contributed by atoms with Crippen molar-refractivity contribution in [2.45, 2.75) is 30.2 Å². The number of sulfonamides is 1. The van der Waals surface area contributed by atoms with Gasteiger partial charge in [0, 0.05) is 11.6 Å². The maximum atomic E-state index is 12.4. The highest BCUT2D eigenvalue weighted by molar-refractivity contribution is 7.91. The lowest BCUT2D eigenvalue weighted by Crippen LogP contribution is -2.24. The maximum absolute atomic E-state index is 12.4. The summed E-state index contributed by atoms with van der Waals surface area (Å²) in [5.41, 5.74) is 1.11. The molecule has 0 atom stereocenters. The van der Waals surface area contributed by atoms with Crippen LogP contribution >= 0.6 is 11.3 Å². The molecule has 9 heteroatoms. The molecule has 0 saturated carbocycles. The Morgan fingerprint density at radius 2 is 1.86 bits per heavy atom. The fraction of sp³-hybridized carbons (Fsp3) is 0.308. The summed E-state index contributed by atoms with van der Waals surface area (Å²) in [6, 6.07) is 4.06. The maximum Gasteiger partial charge on any atom is 0.241 e. The fourth-order valence-corrected chi connectivity index (χ4v) is 4.44. The van der Waals surface area contributed by atoms with Gasteiger partial charge in [0.1, 0.15) is 0 Å². The predicted molar refractivity (Wildman–Crippen MR) is 85.2 cm³/mol. The van der Waals surface area contributed by atoms with E-state index in [-0.39, 0.29) is 16.3 Å². The molecular formula is C13H16N2O4S3. The predicted octanol–water partition coefficient (Wildman–Crippen LogP) is 1.64. The Bertz CT molecular complexity index is 899. The van der Waals surface area contributed by atoms with E-state index in [0.29, 0.717) is 11.3 Å². The molecule has 1 aromatic carbocycles. The van der Waals surface area contributed by atoms with Crippen molar-refractivity contribution < 1.29 is 16.8 Å². The molecule has 22 heavy (non-hydrogen) atoms. The summed E-state index contributed by atoms with van der Waals surface area (Å²) in [5, 5.41) is 2.63. The lowest BCUT2D eigenvalue weighted by atomic mass is 10.2. The third-order valence-electron chi connectivity index (χ3n) is 2.99. The number of nitrogens with zero attached hydrogens (tertiary/aromatic N) is 1. The minimum atomic E-state index is -3.81. The molecule has 0 saturated heterocycles. The molecule has 0 unspecified atom stereocenters. The van der Waals surface area contributed by atoms with Gasteiger partial charge < -0.3 is 0 Å². The summed E-state index contributed by atoms with van der Waals surface area (Å²) in [6.45, 7) is 3.52. The minimum Gasteiger partial charge on any atom is -0.245 e. The van der Waals surface area contributed by atoms with Crippen molar-refractivity contribution in [1.82, 2.24) is 9.71 Å². The van der Waals surface area contributed by atoms with E-state index in [0.717, 1.165) is 11.3 Å². The van der Waals surface area contributed by atoms with Crippen molar-refractivity contribution in [1.29, 1.82) is 0 Å². The molecule has 0 spiro atoms. The van der Waals surface area contributed by atoms with Gasteiger partial charge in [-0.05, 0) is 31.5 Å². The third kappa shape index (κ3) is 3.92. The highest BCUT2D eigenvalue weighted by Crippen LogP contribution is 2.20. The van der Waals surface area contributed by atoms with Crippen LogP contribution in [0, 0.1) is 13.8 Å². The van der Waals surface area contributed by atoms with Crippen molar-refractivity contribution in [2.24, 2.45) is 0 Å². The first-order valence-electron chi connectivity index (χ1n) is 6.31. The number of thiazole rings is 1. The Kier molecular flexibility index (Phi) is 4.71. The molecule has 0 fully saturated rings. The highest BCUT2D eigenvalue weighted by Gasteiger charge is 2.20. The van der Waals surface area contributed by atoms with Gasteiger partial charge in [-0.2, -0.15) is 0 Å². The van der Waals surface area contributed by atoms with E-state index in [1.165, 1.54) is 29.5 Å². The Morgan fingerprint density at radius 1 is 1.18 bits per heavy atom. The number of benzene rings is 1. The summed E-state index contributed by atoms with van der Waals surface area (Å²) in [6.07, 6.45) is 1.04. The van der Waals surface area contributed by atoms with E-state index in [1.807, 2.05) is 6.92 Å². The number of aryl methyl sites for hydroxylation is 2. The van der Waals surface area contributed by atoms with Crippen LogP contribution in [-0.4, -0.2) is 28.1 Å². The molecule has 0 aliphatic rings. The van der Waals surface area contributed by atoms with E-state index in [2.05, 4.69) is 9.71 Å². The second kappa shape index (κ2) is 6.07. The van der Waals surface area contributed by atoms with Crippen LogP contribution in [0.1, 0.15) is 16.3 Å². The molecule has 0 aliphatic heterocycles. The molecular weight excluding hydrogens is 344 g/mol. The SMILES string of the molecule is Cc1nc(CNS(=O)(=O)c2cc(S(C)(=O)=O)ccc2C)cs1. The summed E-state index contributed by atoms with van der Waals surface area (Å²) >= 11 is 1.43. The Labute approximate surface area is 134 Å². The number of hydrogen-bond donors (Lipinski definition) is 1. The molecule has 0 bridgehead atoms. The fourth-order valence-electron chi connectivity index (χ4n) is 1.84. The third-order valence-corrected chi connectivity index (χ3v) is 6.46. The average molecular weight is 360 g/mol. The smallest absolute Gasteiger partial charge is 0.241 e. The molecule has 1 aromatic heterocycles. The number of hydrogen-bond acceptors (Lipinski definition) is 6. The topological polar surface area (TPSA) is 93.2 Å². The lowest BCUT2D eigenvalue weighted by molar-refractivity contribution is 0.579. The number of nitrogens with one attached hydrogen (secondary N) is 1. The van der Waals surface area contributed by atoms with Crippen LogP contribution in [0.3, 0.4) is 0 Å². The van der Waals surface area contributed by atoms with Crippen LogP contribution in [0.15, 0.2) is 33.4 Å². The lowest BCUT2D eigenvalue weighted by Gasteiger charge is -2.10. The molecule has 120 valence electrons. The Morgan fingerprint density at radius 3 is 2.41 bits per heavy atom. The van der Waals surface area contributed by atoms with Gasteiger partial charge in [-0.1, -0.05) is 6.07 Å². The van der Waals surface area contributed by atoms with Gasteiger partial charge in [-0.25, -0.2) is 26.5 Å². The molecule has 2 rings (SSSR count). The highest BCUT2D eigenvalue weighted by atomic mass is 32.2. The van der Waals surface area contributed by atoms with Crippen LogP contribution in [0.5, 0.6) is 0 Å². The summed E-state index contributed by atoms with van der Waals surface area (Å²) in [4.78, 5) is 4.12. The van der Waals surface area contributed by atoms with Crippen molar-refractivity contribution in [3.05, 3.63) is 39.8 Å². The van der Waals surface area contributed by atoms with E-state index in [1.54, 1.807) is 12.3 Å². The molecule has 2 aromatic rings. The average Bonchev–Trinajstić information content (AvgIpc) is 2.81. The van der Waals surface area contributed by atoms with Gasteiger partial charge in [0.25, 0.3) is 0 Å². The van der Waals surface area contributed by atoms with Gasteiger partial charge in [0.2, 0.25) is 10.0 Å². The molecule has 0 amide bonds. The van der Waals surface area contributed by atoms with Gasteiger partial charge >= 0.3 is 0 Å². The molecule has 0 radical (unpaired) electrons. The van der Waals surface area contributed by atoms with E-state index in [9.17, 15) is 16.8 Å². The summed E-state index contributed by atoms with van der Waals surface area (Å²) in [7, 11) is -7.28. The van der Waals surface area contributed by atoms with Crippen LogP contribution in [-0.2, 0) is 26.4 Å². The van der Waals surface area contributed by atoms with Crippen molar-refractivity contribution in [2.75, 3.05) is 6.26 Å². The Balaban J connectivity index is 2.32. The second-order valence-corrected chi connectivity index (χ2v) is 9.70. The number of rotatable bonds is 5. The van der Waals surface area contributed by atoms with Gasteiger partial charge in [0.05, 0.1) is 27.0 Å². The van der Waals surface area contributed by atoms with E-state index >= 15 is 0 Å². The molecule has 6 nitrogen and oxygen atoms in total. The first-order chi connectivity index (χ1) is 10.1. The van der Waals surface area contributed by atoms with Crippen molar-refractivity contribution in [3.63, 3.8) is 0 Å². The van der Waals surface area contributed by atoms with Crippen LogP contribution in [0.25, 0.3) is 0 Å². The zero-order valence-electron chi connectivity index (χ0n) is 12.3. The largest absolute Gasteiger partial charge is 0.245 e. The Hall–Kier alpha value is -1.29. The number of sulfone groups is 1. The van der Waals surface area contributed by atoms with Crippen LogP contribution < -0.4 is 4.72 Å². The van der Waals surface area contributed by atoms with Crippen LogP contribution in [0.2, 0.25) is 0 Å². The second-order valence-electron chi connectivity index (χ2n) is 4.88. The monoisotopic (exact) mass is 360 g/mol. The molecule has 1 heterocycles. The standard InChI is InChI=1S/C13H16N2O4S3/c1-9-4-5-12(21(3,16)17)6-13(9)22(18,19)14-7-11-8-20-10(2)15-11/h4-6,8,14H,7H2,1-3H3. The van der Waals surface area contributed by atoms with Gasteiger partial charge in [-0.15, -0.1) is 11.3 Å². The quantitative estimate of drug-likeness (QED) is 0.875. The summed E-state index contributed by atoms with van der Waals surface area (Å²) < 4.78 is 50.4. The summed E-state index contributed by atoms with van der Waals surface area (Å²) in [5.74, 6) is 0. The molecule has 1 N–H and O–H groups in total. The van der Waals surface area contributed by atoms with Crippen LogP contribution in [0.4, 0.5) is 0 Å². The van der Waals surface area contributed by atoms with Crippen molar-refractivity contribution >= 4 is 31.2 Å². The van der Waals surface area contributed by atoms with Crippen molar-refractivity contribution in [3.8, 4) is 0 Å². The molecule has 0 aliphatic carbocycles. The van der Waals surface area contributed by atoms with E-state index in [4.69, 9.17) is 0 Å². The first-order valence-corrected chi connectivity index (χ1v) is 10.6. The zero-order chi connectivity index (χ0) is 16.5. The van der Waals surface area contributed by atoms with Gasteiger partial charge in [0.15, 0.2) is 9.84 Å². The first kappa shape index (κ1) is 17.1. The zero-order valence-corrected chi connectivity index (χ0v) is 14.8. The normalized spacial score (nSPS) is 12.5.